The summed E-state index contributed by atoms with van der Waals surface area (Å²) in [7, 11) is 0. The van der Waals surface area contributed by atoms with Crippen molar-refractivity contribution in [3.05, 3.63) is 58.9 Å². The molecule has 1 unspecified atom stereocenters. The highest BCUT2D eigenvalue weighted by atomic mass is 16.3. The lowest BCUT2D eigenvalue weighted by Gasteiger charge is -2.18. The number of carbonyl (C=O) groups is 1. The Morgan fingerprint density at radius 3 is 2.62 bits per heavy atom. The highest BCUT2D eigenvalue weighted by Gasteiger charge is 2.17. The minimum atomic E-state index is -0.196. The van der Waals surface area contributed by atoms with Gasteiger partial charge in [-0.05, 0) is 44.5 Å². The first-order valence-electron chi connectivity index (χ1n) is 7.06. The van der Waals surface area contributed by atoms with Gasteiger partial charge in [-0.15, -0.1) is 0 Å². The third kappa shape index (κ3) is 3.40. The standard InChI is InChI=1S/C17H20N2O2/c1-4-14(15-9-5-7-11(2)18-15)19-17(21)13-8-6-10-16(20)12(13)3/h5-10,14,20H,4H2,1-3H3,(H,19,21). The monoisotopic (exact) mass is 284 g/mol. The second-order valence-electron chi connectivity index (χ2n) is 5.09. The van der Waals surface area contributed by atoms with Crippen LogP contribution in [0, 0.1) is 13.8 Å². The molecule has 2 aromatic rings. The van der Waals surface area contributed by atoms with Crippen molar-refractivity contribution in [2.24, 2.45) is 0 Å². The number of carbonyl (C=O) groups excluding carboxylic acids is 1. The Balaban J connectivity index is 2.22. The molecular formula is C17H20N2O2. The molecule has 0 bridgehead atoms. The average Bonchev–Trinajstić information content (AvgIpc) is 2.47. The third-order valence-electron chi connectivity index (χ3n) is 3.53. The highest BCUT2D eigenvalue weighted by molar-refractivity contribution is 5.96. The number of amides is 1. The van der Waals surface area contributed by atoms with Crippen LogP contribution in [-0.4, -0.2) is 16.0 Å². The first-order valence-corrected chi connectivity index (χ1v) is 7.06. The molecule has 4 heteroatoms. The number of nitrogens with zero attached hydrogens (tertiary/aromatic N) is 1. The van der Waals surface area contributed by atoms with E-state index in [1.165, 1.54) is 0 Å². The van der Waals surface area contributed by atoms with Gasteiger partial charge in [0.15, 0.2) is 0 Å². The molecule has 2 rings (SSSR count). The van der Waals surface area contributed by atoms with Crippen molar-refractivity contribution in [1.82, 2.24) is 10.3 Å². The maximum atomic E-state index is 12.4. The Bertz CT molecular complexity index is 653. The molecule has 0 aliphatic carbocycles. The summed E-state index contributed by atoms with van der Waals surface area (Å²) < 4.78 is 0. The second kappa shape index (κ2) is 6.39. The zero-order chi connectivity index (χ0) is 15.4. The number of aryl methyl sites for hydroxylation is 1. The van der Waals surface area contributed by atoms with Crippen molar-refractivity contribution in [2.75, 3.05) is 0 Å². The van der Waals surface area contributed by atoms with Gasteiger partial charge in [0.1, 0.15) is 5.75 Å². The van der Waals surface area contributed by atoms with E-state index in [-0.39, 0.29) is 17.7 Å². The van der Waals surface area contributed by atoms with Crippen LogP contribution in [0.4, 0.5) is 0 Å². The predicted octanol–water partition coefficient (Wildman–Crippen LogP) is 3.29. The van der Waals surface area contributed by atoms with Crippen LogP contribution in [0.15, 0.2) is 36.4 Å². The van der Waals surface area contributed by atoms with Gasteiger partial charge in [0.2, 0.25) is 0 Å². The molecule has 1 amide bonds. The van der Waals surface area contributed by atoms with E-state index in [0.29, 0.717) is 11.1 Å². The number of rotatable bonds is 4. The lowest BCUT2D eigenvalue weighted by Crippen LogP contribution is -2.29. The fourth-order valence-electron chi connectivity index (χ4n) is 2.25. The SMILES string of the molecule is CCC(NC(=O)c1cccc(O)c1C)c1cccc(C)n1. The maximum Gasteiger partial charge on any atom is 0.252 e. The van der Waals surface area contributed by atoms with Crippen LogP contribution in [0.25, 0.3) is 0 Å². The molecule has 0 spiro atoms. The Hall–Kier alpha value is -2.36. The van der Waals surface area contributed by atoms with Crippen molar-refractivity contribution in [3.8, 4) is 5.75 Å². The second-order valence-corrected chi connectivity index (χ2v) is 5.09. The summed E-state index contributed by atoms with van der Waals surface area (Å²) in [6.45, 7) is 5.66. The zero-order valence-corrected chi connectivity index (χ0v) is 12.6. The molecule has 1 aromatic heterocycles. The molecule has 4 nitrogen and oxygen atoms in total. The van der Waals surface area contributed by atoms with E-state index in [9.17, 15) is 9.90 Å². The van der Waals surface area contributed by atoms with Crippen LogP contribution < -0.4 is 5.32 Å². The topological polar surface area (TPSA) is 62.2 Å². The van der Waals surface area contributed by atoms with Gasteiger partial charge in [-0.3, -0.25) is 9.78 Å². The Morgan fingerprint density at radius 1 is 1.24 bits per heavy atom. The number of phenolic OH excluding ortho intramolecular Hbond substituents is 1. The van der Waals surface area contributed by atoms with Crippen molar-refractivity contribution in [1.29, 1.82) is 0 Å². The predicted molar refractivity (Wildman–Crippen MR) is 82.3 cm³/mol. The van der Waals surface area contributed by atoms with Crippen LogP contribution >= 0.6 is 0 Å². The number of aromatic hydroxyl groups is 1. The van der Waals surface area contributed by atoms with Crippen LogP contribution in [0.5, 0.6) is 5.75 Å². The Kier molecular flexibility index (Phi) is 4.58. The lowest BCUT2D eigenvalue weighted by atomic mass is 10.1. The molecular weight excluding hydrogens is 264 g/mol. The average molecular weight is 284 g/mol. The highest BCUT2D eigenvalue weighted by Crippen LogP contribution is 2.21. The van der Waals surface area contributed by atoms with E-state index < -0.39 is 0 Å². The van der Waals surface area contributed by atoms with Gasteiger partial charge >= 0.3 is 0 Å². The smallest absolute Gasteiger partial charge is 0.252 e. The molecule has 2 N–H and O–H groups in total. The summed E-state index contributed by atoms with van der Waals surface area (Å²) in [6.07, 6.45) is 0.750. The van der Waals surface area contributed by atoms with E-state index in [4.69, 9.17) is 0 Å². The number of benzene rings is 1. The van der Waals surface area contributed by atoms with Crippen molar-refractivity contribution < 1.29 is 9.90 Å². The van der Waals surface area contributed by atoms with Gasteiger partial charge in [0.25, 0.3) is 5.91 Å². The first-order chi connectivity index (χ1) is 10.0. The lowest BCUT2D eigenvalue weighted by molar-refractivity contribution is 0.0933. The number of phenols is 1. The maximum absolute atomic E-state index is 12.4. The van der Waals surface area contributed by atoms with E-state index in [1.807, 2.05) is 32.0 Å². The van der Waals surface area contributed by atoms with Crippen LogP contribution in [0.1, 0.15) is 46.7 Å². The Labute approximate surface area is 124 Å². The van der Waals surface area contributed by atoms with Crippen LogP contribution in [0.3, 0.4) is 0 Å². The summed E-state index contributed by atoms with van der Waals surface area (Å²) >= 11 is 0. The van der Waals surface area contributed by atoms with E-state index in [0.717, 1.165) is 17.8 Å². The molecule has 1 heterocycles. The molecule has 0 aliphatic rings. The number of nitrogens with one attached hydrogen (secondary N) is 1. The minimum Gasteiger partial charge on any atom is -0.508 e. The Morgan fingerprint density at radius 2 is 1.95 bits per heavy atom. The fourth-order valence-corrected chi connectivity index (χ4v) is 2.25. The van der Waals surface area contributed by atoms with Gasteiger partial charge in [-0.2, -0.15) is 0 Å². The summed E-state index contributed by atoms with van der Waals surface area (Å²) in [5.41, 5.74) is 2.85. The molecule has 1 atom stereocenters. The van der Waals surface area contributed by atoms with E-state index in [1.54, 1.807) is 25.1 Å². The molecule has 0 saturated carbocycles. The van der Waals surface area contributed by atoms with E-state index in [2.05, 4.69) is 10.3 Å². The van der Waals surface area contributed by atoms with Crippen LogP contribution in [-0.2, 0) is 0 Å². The molecule has 0 saturated heterocycles. The van der Waals surface area contributed by atoms with Gasteiger partial charge in [0.05, 0.1) is 11.7 Å². The molecule has 0 fully saturated rings. The minimum absolute atomic E-state index is 0.129. The summed E-state index contributed by atoms with van der Waals surface area (Å²) in [6, 6.07) is 10.6. The summed E-state index contributed by atoms with van der Waals surface area (Å²) in [5, 5.41) is 12.7. The molecule has 21 heavy (non-hydrogen) atoms. The zero-order valence-electron chi connectivity index (χ0n) is 12.6. The van der Waals surface area contributed by atoms with Gasteiger partial charge in [-0.25, -0.2) is 0 Å². The quantitative estimate of drug-likeness (QED) is 0.905. The van der Waals surface area contributed by atoms with E-state index >= 15 is 0 Å². The van der Waals surface area contributed by atoms with Gasteiger partial charge in [-0.1, -0.05) is 19.1 Å². The fraction of sp³-hybridized carbons (Fsp3) is 0.294. The van der Waals surface area contributed by atoms with Gasteiger partial charge < -0.3 is 10.4 Å². The normalized spacial score (nSPS) is 12.0. The summed E-state index contributed by atoms with van der Waals surface area (Å²) in [4.78, 5) is 16.9. The largest absolute Gasteiger partial charge is 0.508 e. The molecule has 0 radical (unpaired) electrons. The molecule has 1 aromatic carbocycles. The number of hydrogen-bond acceptors (Lipinski definition) is 3. The van der Waals surface area contributed by atoms with Crippen molar-refractivity contribution in [3.63, 3.8) is 0 Å². The van der Waals surface area contributed by atoms with Crippen molar-refractivity contribution in [2.45, 2.75) is 33.2 Å². The number of hydrogen-bond donors (Lipinski definition) is 2. The molecule has 110 valence electrons. The first kappa shape index (κ1) is 15.0. The molecule has 0 aliphatic heterocycles. The summed E-state index contributed by atoms with van der Waals surface area (Å²) in [5.74, 6) is -0.0667. The van der Waals surface area contributed by atoms with Crippen LogP contribution in [0.2, 0.25) is 0 Å². The van der Waals surface area contributed by atoms with Gasteiger partial charge in [0, 0.05) is 16.8 Å². The third-order valence-corrected chi connectivity index (χ3v) is 3.53. The number of aromatic nitrogens is 1. The van der Waals surface area contributed by atoms with Crippen molar-refractivity contribution >= 4 is 5.91 Å². The number of pyridine rings is 1.